The number of hydrogen-bond acceptors (Lipinski definition) is 5. The summed E-state index contributed by atoms with van der Waals surface area (Å²) in [4.78, 5) is 2.17. The predicted molar refractivity (Wildman–Crippen MR) is 130 cm³/mol. The lowest BCUT2D eigenvalue weighted by Crippen LogP contribution is -2.20. The molecule has 0 aliphatic carbocycles. The summed E-state index contributed by atoms with van der Waals surface area (Å²) in [5.41, 5.74) is 4.61. The van der Waals surface area contributed by atoms with Gasteiger partial charge in [0.05, 0.1) is 12.2 Å². The van der Waals surface area contributed by atoms with E-state index in [9.17, 15) is 5.11 Å². The van der Waals surface area contributed by atoms with Crippen molar-refractivity contribution in [1.82, 2.24) is 19.7 Å². The minimum absolute atomic E-state index is 0.271. The number of rotatable bonds is 8. The highest BCUT2D eigenvalue weighted by Crippen LogP contribution is 2.28. The van der Waals surface area contributed by atoms with Crippen molar-refractivity contribution in [2.45, 2.75) is 30.9 Å². The van der Waals surface area contributed by atoms with Gasteiger partial charge in [-0.3, -0.25) is 9.47 Å². The summed E-state index contributed by atoms with van der Waals surface area (Å²) >= 11 is 7.96. The Balaban J connectivity index is 1.58. The van der Waals surface area contributed by atoms with Gasteiger partial charge in [-0.05, 0) is 61.0 Å². The van der Waals surface area contributed by atoms with Crippen molar-refractivity contribution < 1.29 is 5.11 Å². The molecule has 4 rings (SSSR count). The van der Waals surface area contributed by atoms with Crippen molar-refractivity contribution in [3.05, 3.63) is 100 Å². The maximum absolute atomic E-state index is 9.52. The van der Waals surface area contributed by atoms with E-state index in [2.05, 4.69) is 50.9 Å². The number of aromatic nitrogens is 3. The van der Waals surface area contributed by atoms with Crippen LogP contribution in [0.25, 0.3) is 5.69 Å². The molecule has 0 unspecified atom stereocenters. The molecule has 0 aliphatic rings. The van der Waals surface area contributed by atoms with Gasteiger partial charge in [0.15, 0.2) is 11.0 Å². The van der Waals surface area contributed by atoms with E-state index >= 15 is 0 Å². The molecule has 0 bridgehead atoms. The molecule has 0 saturated carbocycles. The minimum atomic E-state index is 0.271. The molecule has 0 amide bonds. The van der Waals surface area contributed by atoms with Crippen molar-refractivity contribution in [3.8, 4) is 11.4 Å². The van der Waals surface area contributed by atoms with Crippen molar-refractivity contribution in [1.29, 1.82) is 0 Å². The first-order chi connectivity index (χ1) is 15.5. The van der Waals surface area contributed by atoms with E-state index in [0.29, 0.717) is 11.6 Å². The third-order valence-corrected chi connectivity index (χ3v) is 6.40. The lowest BCUT2D eigenvalue weighted by molar-refractivity contribution is 0.308. The molecule has 1 heterocycles. The van der Waals surface area contributed by atoms with Crippen LogP contribution in [-0.2, 0) is 18.8 Å². The zero-order valence-electron chi connectivity index (χ0n) is 18.1. The number of phenols is 1. The molecule has 7 heteroatoms. The minimum Gasteiger partial charge on any atom is -0.508 e. The van der Waals surface area contributed by atoms with Crippen LogP contribution in [-0.4, -0.2) is 31.8 Å². The van der Waals surface area contributed by atoms with Crippen LogP contribution >= 0.6 is 23.4 Å². The molecule has 0 radical (unpaired) electrons. The average molecular weight is 465 g/mol. The Morgan fingerprint density at radius 1 is 0.969 bits per heavy atom. The third-order valence-electron chi connectivity index (χ3n) is 5.18. The van der Waals surface area contributed by atoms with Crippen molar-refractivity contribution in [2.24, 2.45) is 0 Å². The van der Waals surface area contributed by atoms with Crippen molar-refractivity contribution in [3.63, 3.8) is 0 Å². The van der Waals surface area contributed by atoms with E-state index in [1.54, 1.807) is 23.9 Å². The summed E-state index contributed by atoms with van der Waals surface area (Å²) in [6, 6.07) is 23.4. The van der Waals surface area contributed by atoms with Gasteiger partial charge in [0.1, 0.15) is 5.75 Å². The maximum Gasteiger partial charge on any atom is 0.196 e. The topological polar surface area (TPSA) is 54.2 Å². The van der Waals surface area contributed by atoms with Crippen LogP contribution in [0.2, 0.25) is 5.02 Å². The molecular weight excluding hydrogens is 440 g/mol. The van der Waals surface area contributed by atoms with E-state index < -0.39 is 0 Å². The van der Waals surface area contributed by atoms with Crippen LogP contribution in [0.4, 0.5) is 0 Å². The second kappa shape index (κ2) is 10.2. The molecule has 0 saturated heterocycles. The summed E-state index contributed by atoms with van der Waals surface area (Å²) in [5, 5.41) is 20.1. The normalized spacial score (nSPS) is 11.2. The molecule has 4 aromatic rings. The summed E-state index contributed by atoms with van der Waals surface area (Å²) in [6.07, 6.45) is 0. The highest BCUT2D eigenvalue weighted by molar-refractivity contribution is 7.98. The van der Waals surface area contributed by atoms with Gasteiger partial charge < -0.3 is 5.11 Å². The first-order valence-electron chi connectivity index (χ1n) is 10.3. The van der Waals surface area contributed by atoms with Gasteiger partial charge in [0.25, 0.3) is 0 Å². The smallest absolute Gasteiger partial charge is 0.196 e. The Labute approximate surface area is 197 Å². The third kappa shape index (κ3) is 5.51. The molecule has 0 spiro atoms. The van der Waals surface area contributed by atoms with Crippen molar-refractivity contribution in [2.75, 3.05) is 7.05 Å². The number of aromatic hydroxyl groups is 1. The number of halogens is 1. The van der Waals surface area contributed by atoms with Crippen LogP contribution in [0.5, 0.6) is 5.75 Å². The highest BCUT2D eigenvalue weighted by atomic mass is 35.5. The van der Waals surface area contributed by atoms with E-state index in [1.807, 2.05) is 43.4 Å². The van der Waals surface area contributed by atoms with Gasteiger partial charge in [0.2, 0.25) is 0 Å². The van der Waals surface area contributed by atoms with Gasteiger partial charge in [-0.1, -0.05) is 65.8 Å². The number of thioether (sulfide) groups is 1. The van der Waals surface area contributed by atoms with Gasteiger partial charge >= 0.3 is 0 Å². The fraction of sp³-hybridized carbons (Fsp3) is 0.200. The molecule has 3 aromatic carbocycles. The van der Waals surface area contributed by atoms with E-state index in [-0.39, 0.29) is 5.75 Å². The van der Waals surface area contributed by atoms with Crippen LogP contribution in [0.1, 0.15) is 22.5 Å². The standard InChI is InChI=1S/C25H25ClN4OS/c1-18-6-3-4-7-20(18)17-32-25-28-27-24(30(25)22-9-5-8-21(26)14-22)16-29(2)15-19-10-12-23(31)13-11-19/h3-14,31H,15-17H2,1-2H3. The highest BCUT2D eigenvalue weighted by Gasteiger charge is 2.17. The predicted octanol–water partition coefficient (Wildman–Crippen LogP) is 5.86. The Hall–Kier alpha value is -2.80. The Kier molecular flexibility index (Phi) is 7.15. The monoisotopic (exact) mass is 464 g/mol. The largest absolute Gasteiger partial charge is 0.508 e. The van der Waals surface area contributed by atoms with E-state index in [0.717, 1.165) is 34.5 Å². The van der Waals surface area contributed by atoms with Crippen molar-refractivity contribution >= 4 is 23.4 Å². The average Bonchev–Trinajstić information content (AvgIpc) is 3.17. The fourth-order valence-corrected chi connectivity index (χ4v) is 4.73. The zero-order chi connectivity index (χ0) is 22.5. The summed E-state index contributed by atoms with van der Waals surface area (Å²) in [7, 11) is 2.05. The molecule has 0 atom stereocenters. The summed E-state index contributed by atoms with van der Waals surface area (Å²) in [5.74, 6) is 1.93. The van der Waals surface area contributed by atoms with E-state index in [1.165, 1.54) is 11.1 Å². The number of hydrogen-bond donors (Lipinski definition) is 1. The maximum atomic E-state index is 9.52. The summed E-state index contributed by atoms with van der Waals surface area (Å²) in [6.45, 7) is 3.47. The molecule has 1 N–H and O–H groups in total. The lowest BCUT2D eigenvalue weighted by atomic mass is 10.1. The Morgan fingerprint density at radius 2 is 1.75 bits per heavy atom. The molecular formula is C25H25ClN4OS. The van der Waals surface area contributed by atoms with Crippen LogP contribution in [0.15, 0.2) is 78.0 Å². The molecule has 164 valence electrons. The fourth-order valence-electron chi connectivity index (χ4n) is 3.50. The van der Waals surface area contributed by atoms with Crippen LogP contribution in [0.3, 0.4) is 0 Å². The summed E-state index contributed by atoms with van der Waals surface area (Å²) < 4.78 is 2.09. The molecule has 0 aliphatic heterocycles. The second-order valence-corrected chi connectivity index (χ2v) is 9.15. The zero-order valence-corrected chi connectivity index (χ0v) is 19.6. The first kappa shape index (κ1) is 22.4. The number of aryl methyl sites for hydroxylation is 1. The van der Waals surface area contributed by atoms with Gasteiger partial charge in [-0.25, -0.2) is 0 Å². The van der Waals surface area contributed by atoms with Gasteiger partial charge in [-0.2, -0.15) is 0 Å². The molecule has 0 fully saturated rings. The number of nitrogens with zero attached hydrogens (tertiary/aromatic N) is 4. The van der Waals surface area contributed by atoms with E-state index in [4.69, 9.17) is 11.6 Å². The Morgan fingerprint density at radius 3 is 2.50 bits per heavy atom. The van der Waals surface area contributed by atoms with Gasteiger partial charge in [0, 0.05) is 17.3 Å². The SMILES string of the molecule is Cc1ccccc1CSc1nnc(CN(C)Cc2ccc(O)cc2)n1-c1cccc(Cl)c1. The molecule has 5 nitrogen and oxygen atoms in total. The quantitative estimate of drug-likeness (QED) is 0.331. The number of phenolic OH excluding ortho intramolecular Hbond substituents is 1. The van der Waals surface area contributed by atoms with Crippen LogP contribution < -0.4 is 0 Å². The Bertz CT molecular complexity index is 1190. The van der Waals surface area contributed by atoms with Crippen LogP contribution in [0, 0.1) is 6.92 Å². The molecule has 32 heavy (non-hydrogen) atoms. The lowest BCUT2D eigenvalue weighted by Gasteiger charge is -2.18. The second-order valence-electron chi connectivity index (χ2n) is 7.77. The molecule has 1 aromatic heterocycles. The number of benzene rings is 3. The first-order valence-corrected chi connectivity index (χ1v) is 11.7. The van der Waals surface area contributed by atoms with Gasteiger partial charge in [-0.15, -0.1) is 10.2 Å².